The number of anilines is 2. The second-order valence-electron chi connectivity index (χ2n) is 7.08. The van der Waals surface area contributed by atoms with E-state index in [1.54, 1.807) is 10.9 Å². The van der Waals surface area contributed by atoms with Gasteiger partial charge in [-0.1, -0.05) is 0 Å². The Labute approximate surface area is 139 Å². The molecular formula is C15H23N7O2. The zero-order chi connectivity index (χ0) is 16.9. The van der Waals surface area contributed by atoms with Gasteiger partial charge in [-0.25, -0.2) is 4.98 Å². The summed E-state index contributed by atoms with van der Waals surface area (Å²) in [7, 11) is 0. The molecule has 0 bridgehead atoms. The Balaban J connectivity index is 1.70. The van der Waals surface area contributed by atoms with E-state index in [-0.39, 0.29) is 23.4 Å². The molecule has 24 heavy (non-hydrogen) atoms. The number of rotatable bonds is 1. The number of hydrogen-bond donors (Lipinski definition) is 4. The van der Waals surface area contributed by atoms with E-state index in [0.29, 0.717) is 24.2 Å². The predicted molar refractivity (Wildman–Crippen MR) is 89.2 cm³/mol. The molecule has 0 aromatic carbocycles. The summed E-state index contributed by atoms with van der Waals surface area (Å²) in [6, 6.07) is -0.309. The highest BCUT2D eigenvalue weighted by molar-refractivity contribution is 5.82. The summed E-state index contributed by atoms with van der Waals surface area (Å²) in [5.41, 5.74) is 11.4. The lowest BCUT2D eigenvalue weighted by Gasteiger charge is -2.50. The van der Waals surface area contributed by atoms with Crippen molar-refractivity contribution in [1.82, 2.24) is 24.8 Å². The average molecular weight is 333 g/mol. The third-order valence-electron chi connectivity index (χ3n) is 5.26. The van der Waals surface area contributed by atoms with E-state index in [2.05, 4.69) is 20.3 Å². The van der Waals surface area contributed by atoms with Crippen molar-refractivity contribution in [3.8, 4) is 0 Å². The first-order chi connectivity index (χ1) is 11.4. The topological polar surface area (TPSA) is 137 Å². The van der Waals surface area contributed by atoms with E-state index >= 15 is 0 Å². The van der Waals surface area contributed by atoms with Crippen LogP contribution in [0.2, 0.25) is 0 Å². The summed E-state index contributed by atoms with van der Waals surface area (Å²) >= 11 is 0. The van der Waals surface area contributed by atoms with Crippen molar-refractivity contribution in [2.45, 2.75) is 43.4 Å². The van der Waals surface area contributed by atoms with E-state index in [0.717, 1.165) is 25.9 Å². The van der Waals surface area contributed by atoms with Crippen molar-refractivity contribution >= 4 is 22.9 Å². The number of fused-ring (bicyclic) bond motifs is 1. The van der Waals surface area contributed by atoms with Crippen molar-refractivity contribution in [1.29, 1.82) is 0 Å². The van der Waals surface area contributed by atoms with E-state index < -0.39 is 5.60 Å². The molecule has 0 aliphatic carbocycles. The van der Waals surface area contributed by atoms with Crippen LogP contribution in [0.15, 0.2) is 6.33 Å². The van der Waals surface area contributed by atoms with Crippen molar-refractivity contribution in [2.24, 2.45) is 0 Å². The molecule has 4 heterocycles. The lowest BCUT2D eigenvalue weighted by Crippen LogP contribution is -2.56. The van der Waals surface area contributed by atoms with Crippen LogP contribution < -0.4 is 16.8 Å². The Morgan fingerprint density at radius 2 is 2.08 bits per heavy atom. The highest BCUT2D eigenvalue weighted by Crippen LogP contribution is 2.43. The lowest BCUT2D eigenvalue weighted by molar-refractivity contribution is -0.189. The maximum absolute atomic E-state index is 11.2. The molecule has 1 spiro atoms. The molecule has 2 fully saturated rings. The molecule has 0 amide bonds. The number of nitrogens with two attached hydrogens (primary N) is 2. The molecule has 9 nitrogen and oxygen atoms in total. The molecule has 2 aromatic heterocycles. The van der Waals surface area contributed by atoms with Gasteiger partial charge in [0.2, 0.25) is 5.95 Å². The van der Waals surface area contributed by atoms with Crippen molar-refractivity contribution < 1.29 is 9.84 Å². The van der Waals surface area contributed by atoms with Crippen LogP contribution in [0.4, 0.5) is 11.8 Å². The van der Waals surface area contributed by atoms with Crippen LogP contribution >= 0.6 is 0 Å². The zero-order valence-electron chi connectivity index (χ0n) is 13.7. The van der Waals surface area contributed by atoms with Crippen molar-refractivity contribution in [3.05, 3.63) is 6.33 Å². The van der Waals surface area contributed by atoms with Crippen LogP contribution in [-0.2, 0) is 4.74 Å². The summed E-state index contributed by atoms with van der Waals surface area (Å²) in [5.74, 6) is 0.329. The molecule has 0 unspecified atom stereocenters. The molecule has 6 N–H and O–H groups in total. The highest BCUT2D eigenvalue weighted by atomic mass is 16.5. The number of aromatic nitrogens is 4. The Morgan fingerprint density at radius 3 is 2.79 bits per heavy atom. The number of nitrogen functional groups attached to an aromatic ring is 2. The summed E-state index contributed by atoms with van der Waals surface area (Å²) in [5, 5.41) is 14.5. The predicted octanol–water partition coefficient (Wildman–Crippen LogP) is -0.175. The average Bonchev–Trinajstić information content (AvgIpc) is 2.91. The number of imidazole rings is 1. The van der Waals surface area contributed by atoms with E-state index in [1.807, 2.05) is 6.92 Å². The number of hydrogen-bond acceptors (Lipinski definition) is 8. The summed E-state index contributed by atoms with van der Waals surface area (Å²) in [6.45, 7) is 4.07. The summed E-state index contributed by atoms with van der Waals surface area (Å²) < 4.78 is 8.04. The first kappa shape index (κ1) is 15.6. The second-order valence-corrected chi connectivity index (χ2v) is 7.08. The Hall–Kier alpha value is -1.97. The molecule has 4 rings (SSSR count). The van der Waals surface area contributed by atoms with Gasteiger partial charge < -0.3 is 31.2 Å². The minimum absolute atomic E-state index is 0.0907. The van der Waals surface area contributed by atoms with Crippen LogP contribution in [0.5, 0.6) is 0 Å². The van der Waals surface area contributed by atoms with Crippen molar-refractivity contribution in [2.75, 3.05) is 31.2 Å². The van der Waals surface area contributed by atoms with E-state index in [9.17, 15) is 5.11 Å². The number of ether oxygens (including phenoxy) is 1. The molecule has 0 saturated carbocycles. The zero-order valence-corrected chi connectivity index (χ0v) is 13.7. The van der Waals surface area contributed by atoms with Gasteiger partial charge in [0, 0.05) is 6.42 Å². The third kappa shape index (κ3) is 2.40. The molecule has 2 atom stereocenters. The number of nitrogens with one attached hydrogen (secondary N) is 1. The van der Waals surface area contributed by atoms with Gasteiger partial charge >= 0.3 is 0 Å². The largest absolute Gasteiger partial charge is 0.388 e. The Morgan fingerprint density at radius 1 is 1.33 bits per heavy atom. The van der Waals surface area contributed by atoms with Crippen LogP contribution in [0.3, 0.4) is 0 Å². The normalized spacial score (nSPS) is 30.0. The maximum Gasteiger partial charge on any atom is 0.224 e. The van der Waals surface area contributed by atoms with Crippen LogP contribution in [-0.4, -0.2) is 55.5 Å². The van der Waals surface area contributed by atoms with Gasteiger partial charge in [0.05, 0.1) is 30.2 Å². The quantitative estimate of drug-likeness (QED) is 0.564. The molecule has 130 valence electrons. The van der Waals surface area contributed by atoms with E-state index in [1.165, 1.54) is 0 Å². The number of aliphatic hydroxyl groups is 1. The van der Waals surface area contributed by atoms with Crippen LogP contribution in [0.1, 0.15) is 32.2 Å². The van der Waals surface area contributed by atoms with Crippen LogP contribution in [0, 0.1) is 0 Å². The van der Waals surface area contributed by atoms with Gasteiger partial charge in [0.25, 0.3) is 0 Å². The van der Waals surface area contributed by atoms with Gasteiger partial charge in [-0.2, -0.15) is 9.97 Å². The fourth-order valence-electron chi connectivity index (χ4n) is 4.02. The van der Waals surface area contributed by atoms with Gasteiger partial charge in [-0.05, 0) is 32.9 Å². The SMILES string of the molecule is C[C@@]1(O)CC2(CCNCC2)OC[C@H]1n1cnc2c(N)nc(N)nc21. The van der Waals surface area contributed by atoms with Gasteiger partial charge in [-0.3, -0.25) is 0 Å². The Bertz CT molecular complexity index is 767. The van der Waals surface area contributed by atoms with Crippen LogP contribution in [0.25, 0.3) is 11.2 Å². The maximum atomic E-state index is 11.2. The summed E-state index contributed by atoms with van der Waals surface area (Å²) in [4.78, 5) is 12.5. The second kappa shape index (κ2) is 5.27. The minimum atomic E-state index is -0.947. The Kier molecular flexibility index (Phi) is 3.41. The molecular weight excluding hydrogens is 310 g/mol. The smallest absolute Gasteiger partial charge is 0.224 e. The standard InChI is InChI=1S/C15H23N7O2/c1-14(23)7-15(2-4-18-5-3-15)24-6-9(14)22-8-19-10-11(16)20-13(17)21-12(10)22/h8-9,18,23H,2-7H2,1H3,(H4,16,17,20,21)/t9-,14-/m1/s1. The number of piperidine rings is 1. The van der Waals surface area contributed by atoms with E-state index in [4.69, 9.17) is 16.2 Å². The van der Waals surface area contributed by atoms with Gasteiger partial charge in [0.15, 0.2) is 11.5 Å². The molecule has 2 aromatic rings. The van der Waals surface area contributed by atoms with Gasteiger partial charge in [-0.15, -0.1) is 0 Å². The third-order valence-corrected chi connectivity index (χ3v) is 5.26. The number of nitrogens with zero attached hydrogens (tertiary/aromatic N) is 4. The fourth-order valence-corrected chi connectivity index (χ4v) is 4.02. The molecule has 0 radical (unpaired) electrons. The minimum Gasteiger partial charge on any atom is -0.388 e. The lowest BCUT2D eigenvalue weighted by atomic mass is 9.76. The molecule has 2 saturated heterocycles. The monoisotopic (exact) mass is 333 g/mol. The van der Waals surface area contributed by atoms with Gasteiger partial charge in [0.1, 0.15) is 5.52 Å². The first-order valence-electron chi connectivity index (χ1n) is 8.23. The highest BCUT2D eigenvalue weighted by Gasteiger charge is 2.49. The molecule has 2 aliphatic rings. The molecule has 2 aliphatic heterocycles. The molecule has 9 heteroatoms. The summed E-state index contributed by atoms with van der Waals surface area (Å²) in [6.07, 6.45) is 4.01. The van der Waals surface area contributed by atoms with Crippen molar-refractivity contribution in [3.63, 3.8) is 0 Å². The first-order valence-corrected chi connectivity index (χ1v) is 8.23. The fraction of sp³-hybridized carbons (Fsp3) is 0.667.